The van der Waals surface area contributed by atoms with Crippen LogP contribution in [0.15, 0.2) is 12.1 Å². The molecule has 0 radical (unpaired) electrons. The largest absolute Gasteiger partial charge is 0.354 e. The molecule has 4 nitrogen and oxygen atoms in total. The highest BCUT2D eigenvalue weighted by molar-refractivity contribution is 5.42. The summed E-state index contributed by atoms with van der Waals surface area (Å²) in [5.41, 5.74) is 7.93. The predicted octanol–water partition coefficient (Wildman–Crippen LogP) is 1.91. The van der Waals surface area contributed by atoms with Gasteiger partial charge in [0.25, 0.3) is 0 Å². The van der Waals surface area contributed by atoms with Gasteiger partial charge in [-0.25, -0.2) is 4.98 Å². The van der Waals surface area contributed by atoms with E-state index in [1.165, 1.54) is 38.8 Å². The van der Waals surface area contributed by atoms with Gasteiger partial charge in [0.05, 0.1) is 0 Å². The van der Waals surface area contributed by atoms with Gasteiger partial charge in [0.2, 0.25) is 0 Å². The van der Waals surface area contributed by atoms with Crippen molar-refractivity contribution in [2.45, 2.75) is 45.2 Å². The van der Waals surface area contributed by atoms with Crippen molar-refractivity contribution in [2.75, 3.05) is 31.1 Å². The molecule has 0 bridgehead atoms. The van der Waals surface area contributed by atoms with Crippen molar-refractivity contribution >= 4 is 5.82 Å². The Morgan fingerprint density at radius 2 is 1.85 bits per heavy atom. The maximum atomic E-state index is 5.71. The van der Waals surface area contributed by atoms with Gasteiger partial charge >= 0.3 is 0 Å². The Hall–Kier alpha value is -1.13. The number of aryl methyl sites for hydroxylation is 1. The van der Waals surface area contributed by atoms with Crippen LogP contribution in [0.25, 0.3) is 0 Å². The van der Waals surface area contributed by atoms with E-state index in [0.717, 1.165) is 36.2 Å². The first-order chi connectivity index (χ1) is 9.78. The van der Waals surface area contributed by atoms with Crippen LogP contribution in [0.3, 0.4) is 0 Å². The Morgan fingerprint density at radius 1 is 1.15 bits per heavy atom. The van der Waals surface area contributed by atoms with Crippen LogP contribution in [0.1, 0.15) is 36.9 Å². The van der Waals surface area contributed by atoms with E-state index in [1.807, 2.05) is 0 Å². The summed E-state index contributed by atoms with van der Waals surface area (Å²) in [6.07, 6.45) is 5.66. The molecule has 1 aromatic heterocycles. The fourth-order valence-electron chi connectivity index (χ4n) is 3.55. The first-order valence-electron chi connectivity index (χ1n) is 7.93. The van der Waals surface area contributed by atoms with Gasteiger partial charge in [-0.15, -0.1) is 0 Å². The van der Waals surface area contributed by atoms with Crippen LogP contribution in [-0.2, 0) is 6.54 Å². The third-order valence-corrected chi connectivity index (χ3v) is 4.88. The van der Waals surface area contributed by atoms with Crippen LogP contribution in [0.2, 0.25) is 0 Å². The predicted molar refractivity (Wildman–Crippen MR) is 82.9 cm³/mol. The molecule has 0 spiro atoms. The van der Waals surface area contributed by atoms with E-state index in [9.17, 15) is 0 Å². The summed E-state index contributed by atoms with van der Waals surface area (Å²) < 4.78 is 0. The van der Waals surface area contributed by atoms with Crippen LogP contribution in [0.5, 0.6) is 0 Å². The summed E-state index contributed by atoms with van der Waals surface area (Å²) in [7, 11) is 0. The van der Waals surface area contributed by atoms with Crippen LogP contribution in [-0.4, -0.2) is 42.1 Å². The monoisotopic (exact) mass is 274 g/mol. The Morgan fingerprint density at radius 3 is 2.45 bits per heavy atom. The number of nitrogens with two attached hydrogens (primary N) is 1. The first kappa shape index (κ1) is 13.8. The van der Waals surface area contributed by atoms with Gasteiger partial charge in [-0.05, 0) is 31.4 Å². The minimum atomic E-state index is 0.578. The second kappa shape index (κ2) is 6.10. The number of piperazine rings is 1. The van der Waals surface area contributed by atoms with Gasteiger partial charge in [-0.3, -0.25) is 4.90 Å². The molecule has 1 aliphatic carbocycles. The molecule has 3 rings (SSSR count). The number of pyridine rings is 1. The van der Waals surface area contributed by atoms with Gasteiger partial charge in [-0.1, -0.05) is 18.9 Å². The Balaban J connectivity index is 1.61. The third-order valence-electron chi connectivity index (χ3n) is 4.88. The Labute approximate surface area is 122 Å². The molecule has 2 heterocycles. The average molecular weight is 274 g/mol. The molecule has 1 saturated heterocycles. The molecular weight excluding hydrogens is 248 g/mol. The molecule has 0 amide bonds. The molecule has 0 aromatic carbocycles. The molecule has 110 valence electrons. The van der Waals surface area contributed by atoms with E-state index < -0.39 is 0 Å². The average Bonchev–Trinajstić information content (AvgIpc) is 3.01. The van der Waals surface area contributed by atoms with Crippen LogP contribution in [0.4, 0.5) is 5.82 Å². The summed E-state index contributed by atoms with van der Waals surface area (Å²) in [5, 5.41) is 0. The lowest BCUT2D eigenvalue weighted by Gasteiger charge is -2.38. The molecule has 2 fully saturated rings. The van der Waals surface area contributed by atoms with Crippen molar-refractivity contribution < 1.29 is 0 Å². The second-order valence-electron chi connectivity index (χ2n) is 6.08. The van der Waals surface area contributed by atoms with E-state index in [-0.39, 0.29) is 0 Å². The zero-order valence-electron chi connectivity index (χ0n) is 12.5. The van der Waals surface area contributed by atoms with Crippen LogP contribution in [0, 0.1) is 6.92 Å². The van der Waals surface area contributed by atoms with E-state index in [4.69, 9.17) is 10.7 Å². The highest BCUT2D eigenvalue weighted by Gasteiger charge is 2.26. The standard InChI is InChI=1S/C16H26N4/c1-13-14(12-17)6-7-16(18-13)20-10-8-19(9-11-20)15-4-2-3-5-15/h6-7,15H,2-5,8-12,17H2,1H3. The summed E-state index contributed by atoms with van der Waals surface area (Å²) in [4.78, 5) is 9.82. The van der Waals surface area contributed by atoms with Crippen molar-refractivity contribution in [2.24, 2.45) is 5.73 Å². The van der Waals surface area contributed by atoms with E-state index in [1.54, 1.807) is 0 Å². The Kier molecular flexibility index (Phi) is 4.22. The number of hydrogen-bond donors (Lipinski definition) is 1. The molecular formula is C16H26N4. The second-order valence-corrected chi connectivity index (χ2v) is 6.08. The van der Waals surface area contributed by atoms with E-state index in [0.29, 0.717) is 6.54 Å². The van der Waals surface area contributed by atoms with Gasteiger partial charge in [-0.2, -0.15) is 0 Å². The fraction of sp³-hybridized carbons (Fsp3) is 0.688. The summed E-state index contributed by atoms with van der Waals surface area (Å²) in [5.74, 6) is 1.12. The lowest BCUT2D eigenvalue weighted by atomic mass is 10.1. The molecule has 20 heavy (non-hydrogen) atoms. The highest BCUT2D eigenvalue weighted by Crippen LogP contribution is 2.25. The SMILES string of the molecule is Cc1nc(N2CCN(C3CCCC3)CC2)ccc1CN. The van der Waals surface area contributed by atoms with Crippen molar-refractivity contribution in [3.05, 3.63) is 23.4 Å². The molecule has 4 heteroatoms. The van der Waals surface area contributed by atoms with Crippen molar-refractivity contribution in [3.8, 4) is 0 Å². The normalized spacial score (nSPS) is 21.6. The smallest absolute Gasteiger partial charge is 0.128 e. The van der Waals surface area contributed by atoms with Gasteiger partial charge in [0.1, 0.15) is 5.82 Å². The summed E-state index contributed by atoms with van der Waals surface area (Å²) >= 11 is 0. The third kappa shape index (κ3) is 2.81. The quantitative estimate of drug-likeness (QED) is 0.914. The zero-order valence-corrected chi connectivity index (χ0v) is 12.5. The summed E-state index contributed by atoms with van der Waals surface area (Å²) in [6, 6.07) is 5.10. The molecule has 2 N–H and O–H groups in total. The lowest BCUT2D eigenvalue weighted by molar-refractivity contribution is 0.187. The van der Waals surface area contributed by atoms with Gasteiger partial charge in [0.15, 0.2) is 0 Å². The number of hydrogen-bond acceptors (Lipinski definition) is 4. The molecule has 1 aromatic rings. The lowest BCUT2D eigenvalue weighted by Crippen LogP contribution is -2.50. The van der Waals surface area contributed by atoms with E-state index in [2.05, 4.69) is 28.9 Å². The fourth-order valence-corrected chi connectivity index (χ4v) is 3.55. The maximum Gasteiger partial charge on any atom is 0.128 e. The topological polar surface area (TPSA) is 45.4 Å². The summed E-state index contributed by atoms with van der Waals surface area (Å²) in [6.45, 7) is 7.21. The number of rotatable bonds is 3. The molecule has 1 aliphatic heterocycles. The van der Waals surface area contributed by atoms with Crippen LogP contribution < -0.4 is 10.6 Å². The molecule has 2 aliphatic rings. The Bertz CT molecular complexity index is 446. The van der Waals surface area contributed by atoms with Crippen LogP contribution >= 0.6 is 0 Å². The highest BCUT2D eigenvalue weighted by atomic mass is 15.3. The molecule has 0 atom stereocenters. The number of anilines is 1. The van der Waals surface area contributed by atoms with Crippen molar-refractivity contribution in [1.29, 1.82) is 0 Å². The zero-order chi connectivity index (χ0) is 13.9. The molecule has 1 saturated carbocycles. The van der Waals surface area contributed by atoms with Crippen molar-refractivity contribution in [3.63, 3.8) is 0 Å². The van der Waals surface area contributed by atoms with Gasteiger partial charge < -0.3 is 10.6 Å². The minimum absolute atomic E-state index is 0.578. The number of aromatic nitrogens is 1. The molecule has 0 unspecified atom stereocenters. The van der Waals surface area contributed by atoms with E-state index >= 15 is 0 Å². The maximum absolute atomic E-state index is 5.71. The van der Waals surface area contributed by atoms with Gasteiger partial charge in [0, 0.05) is 44.5 Å². The first-order valence-corrected chi connectivity index (χ1v) is 7.93. The number of nitrogens with zero attached hydrogens (tertiary/aromatic N) is 3. The van der Waals surface area contributed by atoms with Crippen molar-refractivity contribution in [1.82, 2.24) is 9.88 Å². The minimum Gasteiger partial charge on any atom is -0.354 e.